The summed E-state index contributed by atoms with van der Waals surface area (Å²) in [6, 6.07) is 52.7. The van der Waals surface area contributed by atoms with Crippen LogP contribution in [-0.2, 0) is 0 Å². The molecule has 3 nitrogen and oxygen atoms in total. The zero-order valence-electron chi connectivity index (χ0n) is 23.2. The first kappa shape index (κ1) is 25.3. The zero-order valence-corrected chi connectivity index (χ0v) is 24.0. The Hall–Kier alpha value is -5.45. The van der Waals surface area contributed by atoms with Gasteiger partial charge >= 0.3 is 0 Å². The van der Waals surface area contributed by atoms with Crippen molar-refractivity contribution in [3.63, 3.8) is 0 Å². The molecule has 8 rings (SSSR count). The largest absolute Gasteiger partial charge is 0.208 e. The molecule has 202 valence electrons. The first-order valence-corrected chi connectivity index (χ1v) is 15.1. The average Bonchev–Trinajstić information content (AvgIpc) is 3.49. The molecular formula is C39H25N3S. The standard InChI is InChI=1S/C39H25N3S/c1-4-12-26(13-5-1)27-22-24-28(25-23-27)31-18-10-19-32-35-33(20-11-21-34(35)43-36(31)32)39-41-37(29-14-6-2-7-15-29)40-38(42-39)30-16-8-3-9-17-30/h1-25H. The van der Waals surface area contributed by atoms with Crippen LogP contribution < -0.4 is 0 Å². The quantitative estimate of drug-likeness (QED) is 0.208. The van der Waals surface area contributed by atoms with Crippen molar-refractivity contribution in [2.45, 2.75) is 0 Å². The number of benzene rings is 6. The molecule has 2 heterocycles. The predicted molar refractivity (Wildman–Crippen MR) is 180 cm³/mol. The number of aromatic nitrogens is 3. The molecule has 43 heavy (non-hydrogen) atoms. The number of fused-ring (bicyclic) bond motifs is 3. The molecule has 0 spiro atoms. The Morgan fingerprint density at radius 3 is 1.47 bits per heavy atom. The van der Waals surface area contributed by atoms with Gasteiger partial charge in [0.05, 0.1) is 0 Å². The van der Waals surface area contributed by atoms with Crippen LogP contribution in [0.3, 0.4) is 0 Å². The summed E-state index contributed by atoms with van der Waals surface area (Å²) in [4.78, 5) is 15.0. The van der Waals surface area contributed by atoms with Gasteiger partial charge in [0.25, 0.3) is 0 Å². The van der Waals surface area contributed by atoms with E-state index in [1.54, 1.807) is 0 Å². The van der Waals surface area contributed by atoms with Gasteiger partial charge in [-0.15, -0.1) is 11.3 Å². The lowest BCUT2D eigenvalue weighted by Crippen LogP contribution is -2.00. The van der Waals surface area contributed by atoms with Gasteiger partial charge in [0.1, 0.15) is 0 Å². The Morgan fingerprint density at radius 2 is 0.837 bits per heavy atom. The van der Waals surface area contributed by atoms with Crippen LogP contribution in [0.5, 0.6) is 0 Å². The maximum atomic E-state index is 5.04. The van der Waals surface area contributed by atoms with Gasteiger partial charge in [-0.2, -0.15) is 0 Å². The van der Waals surface area contributed by atoms with E-state index in [0.717, 1.165) is 16.7 Å². The smallest absolute Gasteiger partial charge is 0.164 e. The summed E-state index contributed by atoms with van der Waals surface area (Å²) >= 11 is 1.82. The lowest BCUT2D eigenvalue weighted by molar-refractivity contribution is 1.08. The predicted octanol–water partition coefficient (Wildman–Crippen LogP) is 10.6. The molecule has 6 aromatic carbocycles. The Morgan fingerprint density at radius 1 is 0.349 bits per heavy atom. The molecule has 0 atom stereocenters. The molecule has 2 aromatic heterocycles. The summed E-state index contributed by atoms with van der Waals surface area (Å²) in [5.74, 6) is 2.01. The van der Waals surface area contributed by atoms with Crippen LogP contribution in [0.25, 0.3) is 76.6 Å². The molecule has 0 unspecified atom stereocenters. The highest BCUT2D eigenvalue weighted by Gasteiger charge is 2.18. The molecule has 8 aromatic rings. The van der Waals surface area contributed by atoms with Gasteiger partial charge in [0, 0.05) is 36.9 Å². The van der Waals surface area contributed by atoms with Crippen molar-refractivity contribution in [2.75, 3.05) is 0 Å². The van der Waals surface area contributed by atoms with Crippen molar-refractivity contribution >= 4 is 31.5 Å². The molecule has 0 amide bonds. The summed E-state index contributed by atoms with van der Waals surface area (Å²) in [6.07, 6.45) is 0. The van der Waals surface area contributed by atoms with Crippen molar-refractivity contribution in [3.05, 3.63) is 152 Å². The second-order valence-corrected chi connectivity index (χ2v) is 11.5. The third-order valence-corrected chi connectivity index (χ3v) is 8.97. The summed E-state index contributed by atoms with van der Waals surface area (Å²) in [6.45, 7) is 0. The average molecular weight is 568 g/mol. The molecule has 0 fully saturated rings. The van der Waals surface area contributed by atoms with Crippen LogP contribution in [-0.4, -0.2) is 15.0 Å². The van der Waals surface area contributed by atoms with Crippen LogP contribution in [0, 0.1) is 0 Å². The highest BCUT2D eigenvalue weighted by atomic mass is 32.1. The lowest BCUT2D eigenvalue weighted by atomic mass is 9.98. The van der Waals surface area contributed by atoms with E-state index >= 15 is 0 Å². The fourth-order valence-corrected chi connectivity index (χ4v) is 6.93. The van der Waals surface area contributed by atoms with E-state index in [2.05, 4.69) is 91.0 Å². The molecule has 0 aliphatic rings. The normalized spacial score (nSPS) is 11.3. The monoisotopic (exact) mass is 567 g/mol. The third-order valence-electron chi connectivity index (χ3n) is 7.77. The van der Waals surface area contributed by atoms with Crippen LogP contribution in [0.2, 0.25) is 0 Å². The Balaban J connectivity index is 1.30. The van der Waals surface area contributed by atoms with Crippen LogP contribution in [0.1, 0.15) is 0 Å². The Bertz CT molecular complexity index is 2150. The Labute approximate surface area is 253 Å². The number of rotatable bonds is 5. The topological polar surface area (TPSA) is 38.7 Å². The van der Waals surface area contributed by atoms with Gasteiger partial charge in [0.2, 0.25) is 0 Å². The van der Waals surface area contributed by atoms with E-state index in [9.17, 15) is 0 Å². The van der Waals surface area contributed by atoms with Crippen LogP contribution in [0.15, 0.2) is 152 Å². The van der Waals surface area contributed by atoms with Gasteiger partial charge in [0.15, 0.2) is 17.5 Å². The lowest BCUT2D eigenvalue weighted by Gasteiger charge is -2.10. The molecule has 0 saturated carbocycles. The highest BCUT2D eigenvalue weighted by Crippen LogP contribution is 2.43. The van der Waals surface area contributed by atoms with Crippen molar-refractivity contribution in [3.8, 4) is 56.4 Å². The number of hydrogen-bond donors (Lipinski definition) is 0. The maximum Gasteiger partial charge on any atom is 0.164 e. The fraction of sp³-hybridized carbons (Fsp3) is 0. The second-order valence-electron chi connectivity index (χ2n) is 10.4. The van der Waals surface area contributed by atoms with Crippen molar-refractivity contribution in [2.24, 2.45) is 0 Å². The van der Waals surface area contributed by atoms with Gasteiger partial charge < -0.3 is 0 Å². The summed E-state index contributed by atoms with van der Waals surface area (Å²) in [5.41, 5.74) is 7.82. The molecule has 0 bridgehead atoms. The number of thiophene rings is 1. The van der Waals surface area contributed by atoms with E-state index in [1.807, 2.05) is 72.0 Å². The summed E-state index contributed by atoms with van der Waals surface area (Å²) in [7, 11) is 0. The fourth-order valence-electron chi connectivity index (χ4n) is 5.66. The van der Waals surface area contributed by atoms with Crippen LogP contribution in [0.4, 0.5) is 0 Å². The summed E-state index contributed by atoms with van der Waals surface area (Å²) in [5, 5.41) is 2.39. The molecule has 4 heteroatoms. The zero-order chi connectivity index (χ0) is 28.6. The second kappa shape index (κ2) is 10.8. The minimum atomic E-state index is 0.667. The molecule has 0 saturated heterocycles. The van der Waals surface area contributed by atoms with Crippen molar-refractivity contribution in [1.82, 2.24) is 15.0 Å². The molecular weight excluding hydrogens is 543 g/mol. The maximum absolute atomic E-state index is 5.04. The van der Waals surface area contributed by atoms with Gasteiger partial charge in [-0.05, 0) is 28.3 Å². The SMILES string of the molecule is c1ccc(-c2ccc(-c3cccc4c3sc3cccc(-c5nc(-c6ccccc6)nc(-c6ccccc6)n5)c34)cc2)cc1. The first-order valence-electron chi connectivity index (χ1n) is 14.3. The number of nitrogens with zero attached hydrogens (tertiary/aromatic N) is 3. The first-order chi connectivity index (χ1) is 21.3. The van der Waals surface area contributed by atoms with Gasteiger partial charge in [-0.1, -0.05) is 146 Å². The number of hydrogen-bond acceptors (Lipinski definition) is 4. The molecule has 0 N–H and O–H groups in total. The van der Waals surface area contributed by atoms with E-state index < -0.39 is 0 Å². The minimum absolute atomic E-state index is 0.667. The molecule has 0 radical (unpaired) electrons. The summed E-state index contributed by atoms with van der Waals surface area (Å²) < 4.78 is 2.47. The van der Waals surface area contributed by atoms with E-state index in [1.165, 1.54) is 42.4 Å². The Kier molecular flexibility index (Phi) is 6.32. The van der Waals surface area contributed by atoms with E-state index in [0.29, 0.717) is 17.5 Å². The van der Waals surface area contributed by atoms with Crippen molar-refractivity contribution < 1.29 is 0 Å². The van der Waals surface area contributed by atoms with Crippen molar-refractivity contribution in [1.29, 1.82) is 0 Å². The molecule has 0 aliphatic carbocycles. The molecule has 0 aliphatic heterocycles. The van der Waals surface area contributed by atoms with Crippen LogP contribution >= 0.6 is 11.3 Å². The van der Waals surface area contributed by atoms with E-state index in [-0.39, 0.29) is 0 Å². The van der Waals surface area contributed by atoms with Gasteiger partial charge in [-0.3, -0.25) is 0 Å². The highest BCUT2D eigenvalue weighted by molar-refractivity contribution is 7.26. The minimum Gasteiger partial charge on any atom is -0.208 e. The third kappa shape index (κ3) is 4.68. The van der Waals surface area contributed by atoms with E-state index in [4.69, 9.17) is 15.0 Å². The van der Waals surface area contributed by atoms with Gasteiger partial charge in [-0.25, -0.2) is 15.0 Å².